The molecule has 4 N–H and O–H groups in total. The standard InChI is InChI=1S/C29H28ClN9O/c30-25-4-1-3-24(31)29(37-25)8-2-9-38(15-29)22-13-33-21(18-5-6-23-19(11-18)7-10-40-23)12-20(22)14-39-17-36-26-27(32)34-16-35-28(26)39/h1,3-6,11-13,16-17H,2,7-10,14-15,31H2,(H2,32,34,35)/t29-/m1/s1. The summed E-state index contributed by atoms with van der Waals surface area (Å²) in [7, 11) is 0. The summed E-state index contributed by atoms with van der Waals surface area (Å²) in [6.45, 7) is 2.68. The monoisotopic (exact) mass is 553 g/mol. The van der Waals surface area contributed by atoms with E-state index in [1.165, 1.54) is 11.9 Å². The minimum atomic E-state index is -0.599. The number of anilines is 2. The second-order valence-electron chi connectivity index (χ2n) is 10.4. The first-order valence-electron chi connectivity index (χ1n) is 13.3. The first-order valence-corrected chi connectivity index (χ1v) is 13.7. The summed E-state index contributed by atoms with van der Waals surface area (Å²) in [5.41, 5.74) is 19.2. The molecule has 0 radical (unpaired) electrons. The molecule has 0 unspecified atom stereocenters. The summed E-state index contributed by atoms with van der Waals surface area (Å²) in [4.78, 5) is 25.1. The fourth-order valence-electron chi connectivity index (χ4n) is 5.86. The Balaban J connectivity index is 1.31. The lowest BCUT2D eigenvalue weighted by molar-refractivity contribution is 0.357. The van der Waals surface area contributed by atoms with E-state index in [4.69, 9.17) is 37.8 Å². The number of rotatable bonds is 4. The topological polar surface area (TPSA) is 133 Å². The van der Waals surface area contributed by atoms with Crippen LogP contribution in [0.3, 0.4) is 0 Å². The third kappa shape index (κ3) is 4.24. The van der Waals surface area contributed by atoms with Crippen molar-refractivity contribution in [2.45, 2.75) is 31.3 Å². The molecule has 1 atom stereocenters. The average Bonchev–Trinajstić information content (AvgIpc) is 3.57. The number of nitrogens with zero attached hydrogens (tertiary/aromatic N) is 7. The molecule has 1 spiro atoms. The Morgan fingerprint density at radius 2 is 2.02 bits per heavy atom. The number of ether oxygens (including phenoxy) is 1. The highest BCUT2D eigenvalue weighted by molar-refractivity contribution is 6.68. The molecular formula is C29H28ClN9O. The molecule has 202 valence electrons. The summed E-state index contributed by atoms with van der Waals surface area (Å²) in [6, 6.07) is 8.41. The van der Waals surface area contributed by atoms with E-state index >= 15 is 0 Å². The van der Waals surface area contributed by atoms with Gasteiger partial charge in [-0.1, -0.05) is 17.7 Å². The second-order valence-corrected chi connectivity index (χ2v) is 10.8. The number of nitrogen functional groups attached to an aromatic ring is 1. The molecule has 11 heteroatoms. The number of allylic oxidation sites excluding steroid dienone is 3. The molecule has 0 saturated carbocycles. The van der Waals surface area contributed by atoms with Crippen LogP contribution in [0.15, 0.2) is 72.0 Å². The maximum Gasteiger partial charge on any atom is 0.165 e. The van der Waals surface area contributed by atoms with Crippen molar-refractivity contribution >= 4 is 39.4 Å². The quantitative estimate of drug-likeness (QED) is 0.389. The Morgan fingerprint density at radius 3 is 2.95 bits per heavy atom. The summed E-state index contributed by atoms with van der Waals surface area (Å²) >= 11 is 6.43. The zero-order valence-corrected chi connectivity index (χ0v) is 22.6. The molecule has 0 aliphatic carbocycles. The zero-order chi connectivity index (χ0) is 27.3. The van der Waals surface area contributed by atoms with Gasteiger partial charge in [0.25, 0.3) is 0 Å². The van der Waals surface area contributed by atoms with Gasteiger partial charge >= 0.3 is 0 Å². The van der Waals surface area contributed by atoms with Crippen molar-refractivity contribution in [2.75, 3.05) is 30.3 Å². The number of fused-ring (bicyclic) bond motifs is 2. The first kappa shape index (κ1) is 24.6. The van der Waals surface area contributed by atoms with E-state index in [-0.39, 0.29) is 0 Å². The maximum absolute atomic E-state index is 6.57. The zero-order valence-electron chi connectivity index (χ0n) is 21.8. The van der Waals surface area contributed by atoms with E-state index in [0.29, 0.717) is 47.5 Å². The summed E-state index contributed by atoms with van der Waals surface area (Å²) < 4.78 is 7.70. The van der Waals surface area contributed by atoms with Crippen LogP contribution in [0, 0.1) is 0 Å². The molecule has 0 amide bonds. The summed E-state index contributed by atoms with van der Waals surface area (Å²) in [5.74, 6) is 1.31. The van der Waals surface area contributed by atoms with Crippen molar-refractivity contribution in [3.8, 4) is 17.0 Å². The van der Waals surface area contributed by atoms with Crippen LogP contribution >= 0.6 is 11.6 Å². The van der Waals surface area contributed by atoms with Crippen LogP contribution in [0.5, 0.6) is 5.75 Å². The Bertz CT molecular complexity index is 1730. The van der Waals surface area contributed by atoms with Gasteiger partial charge in [-0.2, -0.15) is 0 Å². The number of imidazole rings is 1. The molecule has 3 aliphatic heterocycles. The van der Waals surface area contributed by atoms with Crippen LogP contribution in [0.1, 0.15) is 24.0 Å². The second kappa shape index (κ2) is 9.63. The van der Waals surface area contributed by atoms with E-state index < -0.39 is 5.54 Å². The normalized spacial score (nSPS) is 20.3. The fourth-order valence-corrected chi connectivity index (χ4v) is 6.10. The molecular weight excluding hydrogens is 526 g/mol. The van der Waals surface area contributed by atoms with Crippen LogP contribution in [0.2, 0.25) is 0 Å². The van der Waals surface area contributed by atoms with Gasteiger partial charge in [-0.05, 0) is 60.4 Å². The molecule has 4 aromatic rings. The Kier molecular flexibility index (Phi) is 5.92. The minimum absolute atomic E-state index is 0.358. The van der Waals surface area contributed by atoms with Gasteiger partial charge in [0.2, 0.25) is 0 Å². The fraction of sp³-hybridized carbons (Fsp3) is 0.276. The number of hydrogen-bond acceptors (Lipinski definition) is 9. The number of benzene rings is 1. The van der Waals surface area contributed by atoms with Gasteiger partial charge < -0.3 is 25.7 Å². The number of nitrogens with two attached hydrogens (primary N) is 2. The highest BCUT2D eigenvalue weighted by Crippen LogP contribution is 2.37. The van der Waals surface area contributed by atoms with Crippen LogP contribution in [-0.2, 0) is 13.0 Å². The van der Waals surface area contributed by atoms with E-state index in [1.54, 1.807) is 12.4 Å². The maximum atomic E-state index is 6.57. The number of pyridine rings is 1. The minimum Gasteiger partial charge on any atom is -0.493 e. The van der Waals surface area contributed by atoms with Gasteiger partial charge in [-0.15, -0.1) is 0 Å². The van der Waals surface area contributed by atoms with E-state index in [2.05, 4.69) is 38.1 Å². The van der Waals surface area contributed by atoms with Gasteiger partial charge in [0.05, 0.1) is 37.1 Å². The van der Waals surface area contributed by atoms with Crippen LogP contribution in [0.25, 0.3) is 22.4 Å². The van der Waals surface area contributed by atoms with Gasteiger partial charge in [-0.3, -0.25) is 9.98 Å². The molecule has 10 nitrogen and oxygen atoms in total. The third-order valence-electron chi connectivity index (χ3n) is 7.90. The van der Waals surface area contributed by atoms with Crippen LogP contribution in [-0.4, -0.2) is 54.9 Å². The lowest BCUT2D eigenvalue weighted by atomic mass is 9.86. The Hall–Kier alpha value is -4.44. The molecule has 1 saturated heterocycles. The summed E-state index contributed by atoms with van der Waals surface area (Å²) in [5, 5.41) is 0.454. The van der Waals surface area contributed by atoms with Crippen molar-refractivity contribution in [3.63, 3.8) is 0 Å². The first-order chi connectivity index (χ1) is 19.5. The number of aliphatic imine (C=N–C) groups is 1. The average molecular weight is 554 g/mol. The highest BCUT2D eigenvalue weighted by Gasteiger charge is 2.39. The molecule has 3 aliphatic rings. The Morgan fingerprint density at radius 1 is 1.10 bits per heavy atom. The molecule has 6 heterocycles. The number of halogens is 1. The van der Waals surface area contributed by atoms with E-state index in [1.807, 2.05) is 29.0 Å². The number of hydrogen-bond donors (Lipinski definition) is 2. The van der Waals surface area contributed by atoms with Crippen molar-refractivity contribution in [3.05, 3.63) is 78.2 Å². The van der Waals surface area contributed by atoms with E-state index in [9.17, 15) is 0 Å². The van der Waals surface area contributed by atoms with Crippen molar-refractivity contribution in [1.82, 2.24) is 24.5 Å². The highest BCUT2D eigenvalue weighted by atomic mass is 35.5. The van der Waals surface area contributed by atoms with Gasteiger partial charge in [-0.25, -0.2) is 15.0 Å². The molecule has 40 heavy (non-hydrogen) atoms. The SMILES string of the molecule is NC1=CC=CC(Cl)=N[C@@]12CCCN(c1cnc(-c3ccc4c(c3)CCO4)cc1Cn1cnc3c(N)ncnc31)C2. The molecule has 0 bridgehead atoms. The van der Waals surface area contributed by atoms with Crippen molar-refractivity contribution in [1.29, 1.82) is 0 Å². The predicted octanol–water partition coefficient (Wildman–Crippen LogP) is 3.84. The Labute approximate surface area is 236 Å². The van der Waals surface area contributed by atoms with Gasteiger partial charge in [0, 0.05) is 30.8 Å². The smallest absolute Gasteiger partial charge is 0.165 e. The summed E-state index contributed by atoms with van der Waals surface area (Å²) in [6.07, 6.45) is 13.4. The van der Waals surface area contributed by atoms with Gasteiger partial charge in [0.1, 0.15) is 28.3 Å². The van der Waals surface area contributed by atoms with Crippen LogP contribution < -0.4 is 21.1 Å². The van der Waals surface area contributed by atoms with Crippen molar-refractivity contribution < 1.29 is 4.74 Å². The van der Waals surface area contributed by atoms with Gasteiger partial charge in [0.15, 0.2) is 11.5 Å². The molecule has 7 rings (SSSR count). The van der Waals surface area contributed by atoms with E-state index in [0.717, 1.165) is 54.1 Å². The third-order valence-corrected chi connectivity index (χ3v) is 8.11. The largest absolute Gasteiger partial charge is 0.493 e. The molecule has 1 aromatic carbocycles. The van der Waals surface area contributed by atoms with Crippen molar-refractivity contribution in [2.24, 2.45) is 10.7 Å². The predicted molar refractivity (Wildman–Crippen MR) is 157 cm³/mol. The molecule has 3 aromatic heterocycles. The number of aromatic nitrogens is 5. The lowest BCUT2D eigenvalue weighted by Crippen LogP contribution is -2.50. The lowest BCUT2D eigenvalue weighted by Gasteiger charge is -2.42. The number of piperidine rings is 1. The molecule has 1 fully saturated rings. The van der Waals surface area contributed by atoms with Crippen LogP contribution in [0.4, 0.5) is 11.5 Å².